The Bertz CT molecular complexity index is 516. The number of halogens is 1. The smallest absolute Gasteiger partial charge is 0.220 e. The zero-order valence-corrected chi connectivity index (χ0v) is 8.64. The van der Waals surface area contributed by atoms with Gasteiger partial charge in [0.15, 0.2) is 5.82 Å². The number of rotatable bonds is 2. The fourth-order valence-electron chi connectivity index (χ4n) is 1.41. The number of nitrogens with two attached hydrogens (primary N) is 1. The Labute approximate surface area is 91.9 Å². The van der Waals surface area contributed by atoms with E-state index in [9.17, 15) is 4.39 Å². The average Bonchev–Trinajstić information content (AvgIpc) is 2.32. The minimum atomic E-state index is -0.529. The number of anilines is 1. The molecule has 0 saturated carbocycles. The molecule has 4 nitrogen and oxygen atoms in total. The Morgan fingerprint density at radius 3 is 2.81 bits per heavy atom. The molecule has 0 amide bonds. The summed E-state index contributed by atoms with van der Waals surface area (Å²) >= 11 is 0. The number of ether oxygens (including phenoxy) is 1. The summed E-state index contributed by atoms with van der Waals surface area (Å²) in [6, 6.07) is 7.01. The summed E-state index contributed by atoms with van der Waals surface area (Å²) in [6.45, 7) is 0. The van der Waals surface area contributed by atoms with Gasteiger partial charge in [0.2, 0.25) is 5.95 Å². The van der Waals surface area contributed by atoms with Gasteiger partial charge >= 0.3 is 0 Å². The van der Waals surface area contributed by atoms with E-state index in [4.69, 9.17) is 10.5 Å². The normalized spacial score (nSPS) is 10.1. The van der Waals surface area contributed by atoms with Gasteiger partial charge in [0.05, 0.1) is 13.3 Å². The molecule has 0 spiro atoms. The molecule has 2 rings (SSSR count). The van der Waals surface area contributed by atoms with Crippen LogP contribution in [0.3, 0.4) is 0 Å². The van der Waals surface area contributed by atoms with Gasteiger partial charge in [-0.05, 0) is 12.1 Å². The van der Waals surface area contributed by atoms with E-state index in [1.54, 1.807) is 24.3 Å². The SMILES string of the molecule is COc1ccccc1-c1nc(N)ncc1F. The predicted molar refractivity (Wildman–Crippen MR) is 58.4 cm³/mol. The Balaban J connectivity index is 2.62. The molecule has 0 aliphatic carbocycles. The summed E-state index contributed by atoms with van der Waals surface area (Å²) in [4.78, 5) is 7.43. The molecule has 0 radical (unpaired) electrons. The molecule has 0 aliphatic rings. The van der Waals surface area contributed by atoms with Crippen molar-refractivity contribution in [3.63, 3.8) is 0 Å². The molecule has 16 heavy (non-hydrogen) atoms. The van der Waals surface area contributed by atoms with E-state index in [0.717, 1.165) is 6.20 Å². The second-order valence-electron chi connectivity index (χ2n) is 3.13. The van der Waals surface area contributed by atoms with Crippen LogP contribution in [0.2, 0.25) is 0 Å². The fraction of sp³-hybridized carbons (Fsp3) is 0.0909. The Morgan fingerprint density at radius 1 is 1.31 bits per heavy atom. The zero-order chi connectivity index (χ0) is 11.5. The lowest BCUT2D eigenvalue weighted by atomic mass is 10.1. The molecule has 1 aromatic heterocycles. The molecule has 0 saturated heterocycles. The van der Waals surface area contributed by atoms with Crippen molar-refractivity contribution in [2.45, 2.75) is 0 Å². The van der Waals surface area contributed by atoms with E-state index in [0.29, 0.717) is 11.3 Å². The maximum Gasteiger partial charge on any atom is 0.220 e. The van der Waals surface area contributed by atoms with Crippen LogP contribution in [0.15, 0.2) is 30.5 Å². The Morgan fingerprint density at radius 2 is 2.06 bits per heavy atom. The number of aromatic nitrogens is 2. The molecule has 1 aromatic carbocycles. The van der Waals surface area contributed by atoms with Crippen molar-refractivity contribution >= 4 is 5.95 Å². The lowest BCUT2D eigenvalue weighted by Gasteiger charge is -2.08. The number of nitrogen functional groups attached to an aromatic ring is 1. The predicted octanol–water partition coefficient (Wildman–Crippen LogP) is 1.87. The molecule has 2 N–H and O–H groups in total. The molecule has 5 heteroatoms. The van der Waals surface area contributed by atoms with E-state index in [2.05, 4.69) is 9.97 Å². The summed E-state index contributed by atoms with van der Waals surface area (Å²) in [6.07, 6.45) is 1.05. The van der Waals surface area contributed by atoms with Crippen LogP contribution >= 0.6 is 0 Å². The van der Waals surface area contributed by atoms with E-state index in [1.807, 2.05) is 0 Å². The van der Waals surface area contributed by atoms with Gasteiger partial charge in [0, 0.05) is 5.56 Å². The van der Waals surface area contributed by atoms with Gasteiger partial charge < -0.3 is 10.5 Å². The minimum absolute atomic E-state index is 0.0299. The van der Waals surface area contributed by atoms with Gasteiger partial charge in [0.1, 0.15) is 11.4 Å². The quantitative estimate of drug-likeness (QED) is 0.837. The van der Waals surface area contributed by atoms with Crippen LogP contribution in [0.5, 0.6) is 5.75 Å². The second-order valence-corrected chi connectivity index (χ2v) is 3.13. The van der Waals surface area contributed by atoms with E-state index >= 15 is 0 Å². The van der Waals surface area contributed by atoms with Crippen LogP contribution in [0.25, 0.3) is 11.3 Å². The summed E-state index contributed by atoms with van der Waals surface area (Å²) in [5.74, 6) is 0.0421. The van der Waals surface area contributed by atoms with E-state index in [1.165, 1.54) is 7.11 Å². The number of benzene rings is 1. The first-order valence-corrected chi connectivity index (χ1v) is 4.64. The van der Waals surface area contributed by atoms with Crippen LogP contribution in [0.1, 0.15) is 0 Å². The summed E-state index contributed by atoms with van der Waals surface area (Å²) in [5, 5.41) is 0. The number of methoxy groups -OCH3 is 1. The third-order valence-electron chi connectivity index (χ3n) is 2.12. The Kier molecular flexibility index (Phi) is 2.68. The highest BCUT2D eigenvalue weighted by Gasteiger charge is 2.12. The number of hydrogen-bond acceptors (Lipinski definition) is 4. The molecule has 0 aliphatic heterocycles. The molecule has 1 heterocycles. The maximum absolute atomic E-state index is 13.5. The standard InChI is InChI=1S/C11H10FN3O/c1-16-9-5-3-2-4-7(9)10-8(12)6-14-11(13)15-10/h2-6H,1H3,(H2,13,14,15). The molecule has 0 unspecified atom stereocenters. The van der Waals surface area contributed by atoms with Crippen molar-refractivity contribution in [1.82, 2.24) is 9.97 Å². The average molecular weight is 219 g/mol. The zero-order valence-electron chi connectivity index (χ0n) is 8.64. The van der Waals surface area contributed by atoms with E-state index in [-0.39, 0.29) is 11.6 Å². The summed E-state index contributed by atoms with van der Waals surface area (Å²) in [7, 11) is 1.52. The van der Waals surface area contributed by atoms with Crippen LogP contribution < -0.4 is 10.5 Å². The molecule has 0 atom stereocenters. The van der Waals surface area contributed by atoms with Gasteiger partial charge in [-0.25, -0.2) is 14.4 Å². The largest absolute Gasteiger partial charge is 0.496 e. The van der Waals surface area contributed by atoms with Crippen molar-refractivity contribution in [1.29, 1.82) is 0 Å². The fourth-order valence-corrected chi connectivity index (χ4v) is 1.41. The highest BCUT2D eigenvalue weighted by atomic mass is 19.1. The van der Waals surface area contributed by atoms with Crippen LogP contribution in [-0.4, -0.2) is 17.1 Å². The highest BCUT2D eigenvalue weighted by molar-refractivity contribution is 5.67. The first-order valence-electron chi connectivity index (χ1n) is 4.64. The van der Waals surface area contributed by atoms with E-state index < -0.39 is 5.82 Å². The lowest BCUT2D eigenvalue weighted by Crippen LogP contribution is -1.99. The summed E-state index contributed by atoms with van der Waals surface area (Å²) in [5.41, 5.74) is 6.12. The first kappa shape index (κ1) is 10.4. The van der Waals surface area contributed by atoms with Gasteiger partial charge in [-0.15, -0.1) is 0 Å². The molecule has 0 fully saturated rings. The lowest BCUT2D eigenvalue weighted by molar-refractivity contribution is 0.416. The molecular formula is C11H10FN3O. The maximum atomic E-state index is 13.5. The topological polar surface area (TPSA) is 61.0 Å². The van der Waals surface area contributed by atoms with Gasteiger partial charge in [-0.2, -0.15) is 0 Å². The molecule has 0 bridgehead atoms. The summed E-state index contributed by atoms with van der Waals surface area (Å²) < 4.78 is 18.7. The first-order chi connectivity index (χ1) is 7.72. The third kappa shape index (κ3) is 1.79. The van der Waals surface area contributed by atoms with Gasteiger partial charge in [-0.1, -0.05) is 12.1 Å². The highest BCUT2D eigenvalue weighted by Crippen LogP contribution is 2.29. The van der Waals surface area contributed by atoms with Gasteiger partial charge in [-0.3, -0.25) is 0 Å². The third-order valence-corrected chi connectivity index (χ3v) is 2.12. The molecule has 82 valence electrons. The number of hydrogen-bond donors (Lipinski definition) is 1. The number of nitrogens with zero attached hydrogens (tertiary/aromatic N) is 2. The molecule has 2 aromatic rings. The van der Waals surface area contributed by atoms with Crippen molar-refractivity contribution < 1.29 is 9.13 Å². The van der Waals surface area contributed by atoms with Crippen molar-refractivity contribution in [2.24, 2.45) is 0 Å². The minimum Gasteiger partial charge on any atom is -0.496 e. The van der Waals surface area contributed by atoms with Crippen molar-refractivity contribution in [3.05, 3.63) is 36.3 Å². The second kappa shape index (κ2) is 4.14. The Hall–Kier alpha value is -2.17. The molecular weight excluding hydrogens is 209 g/mol. The van der Waals surface area contributed by atoms with Crippen molar-refractivity contribution in [3.8, 4) is 17.0 Å². The van der Waals surface area contributed by atoms with Crippen LogP contribution in [0, 0.1) is 5.82 Å². The monoisotopic (exact) mass is 219 g/mol. The van der Waals surface area contributed by atoms with Gasteiger partial charge in [0.25, 0.3) is 0 Å². The number of para-hydroxylation sites is 1. The van der Waals surface area contributed by atoms with Crippen LogP contribution in [0.4, 0.5) is 10.3 Å². The van der Waals surface area contributed by atoms with Crippen molar-refractivity contribution in [2.75, 3.05) is 12.8 Å². The van der Waals surface area contributed by atoms with Crippen LogP contribution in [-0.2, 0) is 0 Å².